The van der Waals surface area contributed by atoms with Crippen molar-refractivity contribution >= 4 is 22.6 Å². The quantitative estimate of drug-likeness (QED) is 0.523. The molecule has 0 aliphatic rings. The van der Waals surface area contributed by atoms with Crippen LogP contribution in [0.5, 0.6) is 5.75 Å². The third kappa shape index (κ3) is 6.58. The second kappa shape index (κ2) is 10.5. The average Bonchev–Trinajstić information content (AvgIpc) is 2.79. The molecule has 3 aromatic carbocycles. The molecular formula is C28H34N2O3. The van der Waals surface area contributed by atoms with Crippen LogP contribution in [0.4, 0.5) is 0 Å². The van der Waals surface area contributed by atoms with E-state index < -0.39 is 6.04 Å². The van der Waals surface area contributed by atoms with Crippen LogP contribution in [-0.2, 0) is 22.6 Å². The van der Waals surface area contributed by atoms with Crippen LogP contribution in [-0.4, -0.2) is 35.4 Å². The molecule has 0 aromatic heterocycles. The smallest absolute Gasteiger partial charge is 0.242 e. The van der Waals surface area contributed by atoms with Crippen LogP contribution < -0.4 is 10.1 Å². The van der Waals surface area contributed by atoms with Crippen LogP contribution in [0.25, 0.3) is 10.8 Å². The number of carbonyl (C=O) groups excluding carboxylic acids is 2. The Bertz CT molecular complexity index is 1090. The SMILES string of the molecule is COc1ccc(CN(C(=O)CCc2cccc3ccccc23)[C@H](C)C(=O)NC(C)(C)C)cc1. The van der Waals surface area contributed by atoms with Crippen LogP contribution in [0.1, 0.15) is 45.2 Å². The van der Waals surface area contributed by atoms with Crippen molar-refractivity contribution in [3.8, 4) is 5.75 Å². The summed E-state index contributed by atoms with van der Waals surface area (Å²) in [7, 11) is 1.62. The van der Waals surface area contributed by atoms with E-state index in [4.69, 9.17) is 4.74 Å². The van der Waals surface area contributed by atoms with Crippen molar-refractivity contribution in [2.45, 2.75) is 58.7 Å². The number of carbonyl (C=O) groups is 2. The molecule has 0 bridgehead atoms. The first-order valence-corrected chi connectivity index (χ1v) is 11.4. The highest BCUT2D eigenvalue weighted by atomic mass is 16.5. The maximum atomic E-state index is 13.4. The maximum absolute atomic E-state index is 13.4. The van der Waals surface area contributed by atoms with Crippen LogP contribution in [0.15, 0.2) is 66.7 Å². The van der Waals surface area contributed by atoms with Gasteiger partial charge in [-0.3, -0.25) is 9.59 Å². The summed E-state index contributed by atoms with van der Waals surface area (Å²) in [6, 6.07) is 21.4. The van der Waals surface area contributed by atoms with Crippen LogP contribution >= 0.6 is 0 Å². The molecule has 0 saturated heterocycles. The van der Waals surface area contributed by atoms with E-state index >= 15 is 0 Å². The number of hydrogen-bond donors (Lipinski definition) is 1. The summed E-state index contributed by atoms with van der Waals surface area (Å²) in [5.41, 5.74) is 1.71. The van der Waals surface area contributed by atoms with Crippen LogP contribution in [0.3, 0.4) is 0 Å². The fourth-order valence-electron chi connectivity index (χ4n) is 3.88. The number of nitrogens with one attached hydrogen (secondary N) is 1. The van der Waals surface area contributed by atoms with Crippen molar-refractivity contribution in [1.82, 2.24) is 10.2 Å². The monoisotopic (exact) mass is 446 g/mol. The summed E-state index contributed by atoms with van der Waals surface area (Å²) in [5.74, 6) is 0.552. The molecule has 0 unspecified atom stereocenters. The van der Waals surface area contributed by atoms with E-state index in [-0.39, 0.29) is 17.4 Å². The van der Waals surface area contributed by atoms with Gasteiger partial charge in [0, 0.05) is 18.5 Å². The Morgan fingerprint density at radius 1 is 0.970 bits per heavy atom. The van der Waals surface area contributed by atoms with Gasteiger partial charge in [0.05, 0.1) is 7.11 Å². The third-order valence-electron chi connectivity index (χ3n) is 5.67. The number of methoxy groups -OCH3 is 1. The fourth-order valence-corrected chi connectivity index (χ4v) is 3.88. The van der Waals surface area contributed by atoms with Gasteiger partial charge in [-0.25, -0.2) is 0 Å². The van der Waals surface area contributed by atoms with Crippen molar-refractivity contribution < 1.29 is 14.3 Å². The van der Waals surface area contributed by atoms with E-state index in [9.17, 15) is 9.59 Å². The first-order valence-electron chi connectivity index (χ1n) is 11.4. The molecule has 3 aromatic rings. The Balaban J connectivity index is 1.80. The van der Waals surface area contributed by atoms with Gasteiger partial charge in [-0.2, -0.15) is 0 Å². The minimum atomic E-state index is -0.591. The number of aryl methyl sites for hydroxylation is 1. The topological polar surface area (TPSA) is 58.6 Å². The molecule has 0 fully saturated rings. The van der Waals surface area contributed by atoms with Gasteiger partial charge >= 0.3 is 0 Å². The van der Waals surface area contributed by atoms with Gasteiger partial charge in [0.25, 0.3) is 0 Å². The second-order valence-electron chi connectivity index (χ2n) is 9.42. The minimum Gasteiger partial charge on any atom is -0.497 e. The van der Waals surface area contributed by atoms with Crippen LogP contribution in [0, 0.1) is 0 Å². The zero-order valence-electron chi connectivity index (χ0n) is 20.2. The molecule has 174 valence electrons. The summed E-state index contributed by atoms with van der Waals surface area (Å²) in [4.78, 5) is 28.0. The minimum absolute atomic E-state index is 0.0460. The molecule has 0 aliphatic heterocycles. The fraction of sp³-hybridized carbons (Fsp3) is 0.357. The van der Waals surface area contributed by atoms with Gasteiger partial charge in [-0.15, -0.1) is 0 Å². The highest BCUT2D eigenvalue weighted by Gasteiger charge is 2.28. The zero-order valence-corrected chi connectivity index (χ0v) is 20.2. The highest BCUT2D eigenvalue weighted by Crippen LogP contribution is 2.21. The lowest BCUT2D eigenvalue weighted by molar-refractivity contribution is -0.141. The Kier molecular flexibility index (Phi) is 7.75. The zero-order chi connectivity index (χ0) is 24.0. The summed E-state index contributed by atoms with van der Waals surface area (Å²) in [5, 5.41) is 5.33. The van der Waals surface area contributed by atoms with Crippen molar-refractivity contribution in [2.75, 3.05) is 7.11 Å². The van der Waals surface area contributed by atoms with Crippen molar-refractivity contribution in [2.24, 2.45) is 0 Å². The average molecular weight is 447 g/mol. The Hall–Kier alpha value is -3.34. The van der Waals surface area contributed by atoms with E-state index in [1.807, 2.05) is 63.2 Å². The summed E-state index contributed by atoms with van der Waals surface area (Å²) in [6.07, 6.45) is 0.949. The van der Waals surface area contributed by atoms with E-state index in [0.717, 1.165) is 27.6 Å². The molecule has 5 heteroatoms. The van der Waals surface area contributed by atoms with E-state index in [2.05, 4.69) is 29.6 Å². The Morgan fingerprint density at radius 2 is 1.64 bits per heavy atom. The lowest BCUT2D eigenvalue weighted by Crippen LogP contribution is -2.52. The van der Waals surface area contributed by atoms with Gasteiger partial charge in [0.15, 0.2) is 0 Å². The van der Waals surface area contributed by atoms with Crippen LogP contribution in [0.2, 0.25) is 0 Å². The predicted octanol–water partition coefficient (Wildman–Crippen LogP) is 5.11. The van der Waals surface area contributed by atoms with E-state index in [1.54, 1.807) is 18.9 Å². The van der Waals surface area contributed by atoms with Gasteiger partial charge in [-0.05, 0) is 68.1 Å². The number of rotatable bonds is 8. The normalized spacial score (nSPS) is 12.3. The molecule has 5 nitrogen and oxygen atoms in total. The molecule has 33 heavy (non-hydrogen) atoms. The number of hydrogen-bond acceptors (Lipinski definition) is 3. The van der Waals surface area contributed by atoms with E-state index in [0.29, 0.717) is 19.4 Å². The second-order valence-corrected chi connectivity index (χ2v) is 9.42. The third-order valence-corrected chi connectivity index (χ3v) is 5.67. The number of amides is 2. The standard InChI is InChI=1S/C28H34N2O3/c1-20(27(32)29-28(2,3)4)30(19-21-13-16-24(33-5)17-14-21)26(31)18-15-23-11-8-10-22-9-6-7-12-25(22)23/h6-14,16-17,20H,15,18-19H2,1-5H3,(H,29,32)/t20-/m1/s1. The molecule has 3 rings (SSSR count). The first-order chi connectivity index (χ1) is 15.7. The Morgan fingerprint density at radius 3 is 2.30 bits per heavy atom. The molecule has 0 saturated carbocycles. The predicted molar refractivity (Wildman–Crippen MR) is 133 cm³/mol. The first kappa shape index (κ1) is 24.3. The molecule has 2 amide bonds. The van der Waals surface area contributed by atoms with Crippen molar-refractivity contribution in [3.63, 3.8) is 0 Å². The number of nitrogens with zero attached hydrogens (tertiary/aromatic N) is 1. The lowest BCUT2D eigenvalue weighted by atomic mass is 10.0. The summed E-state index contributed by atoms with van der Waals surface area (Å²) in [6.45, 7) is 7.97. The van der Waals surface area contributed by atoms with Gasteiger partial charge in [-0.1, -0.05) is 54.6 Å². The molecule has 0 radical (unpaired) electrons. The lowest BCUT2D eigenvalue weighted by Gasteiger charge is -2.31. The largest absolute Gasteiger partial charge is 0.497 e. The Labute approximate surface area is 196 Å². The number of ether oxygens (including phenoxy) is 1. The molecule has 0 spiro atoms. The van der Waals surface area contributed by atoms with Gasteiger partial charge in [0.1, 0.15) is 11.8 Å². The number of fused-ring (bicyclic) bond motifs is 1. The number of benzene rings is 3. The molecule has 1 atom stereocenters. The highest BCUT2D eigenvalue weighted by molar-refractivity contribution is 5.89. The molecule has 0 heterocycles. The van der Waals surface area contributed by atoms with Gasteiger partial charge in [0.2, 0.25) is 11.8 Å². The van der Waals surface area contributed by atoms with Crippen molar-refractivity contribution in [3.05, 3.63) is 77.9 Å². The van der Waals surface area contributed by atoms with E-state index in [1.165, 1.54) is 0 Å². The molecular weight excluding hydrogens is 412 g/mol. The molecule has 1 N–H and O–H groups in total. The maximum Gasteiger partial charge on any atom is 0.242 e. The molecule has 0 aliphatic carbocycles. The summed E-state index contributed by atoms with van der Waals surface area (Å²) < 4.78 is 5.24. The van der Waals surface area contributed by atoms with Gasteiger partial charge < -0.3 is 15.0 Å². The van der Waals surface area contributed by atoms with Crippen molar-refractivity contribution in [1.29, 1.82) is 0 Å². The summed E-state index contributed by atoms with van der Waals surface area (Å²) >= 11 is 0.